The summed E-state index contributed by atoms with van der Waals surface area (Å²) in [5, 5.41) is 9.93. The van der Waals surface area contributed by atoms with Crippen molar-refractivity contribution in [3.63, 3.8) is 0 Å². The summed E-state index contributed by atoms with van der Waals surface area (Å²) in [6.45, 7) is 2.09. The van der Waals surface area contributed by atoms with Crippen LogP contribution in [0.15, 0.2) is 27.8 Å². The molecule has 1 unspecified atom stereocenters. The fourth-order valence-electron chi connectivity index (χ4n) is 0.987. The topological polar surface area (TPSA) is 36.7 Å². The summed E-state index contributed by atoms with van der Waals surface area (Å²) in [4.78, 5) is 4.25. The highest BCUT2D eigenvalue weighted by Crippen LogP contribution is 2.30. The van der Waals surface area contributed by atoms with Crippen molar-refractivity contribution in [3.8, 4) is 6.07 Å². The molecule has 0 amide bonds. The van der Waals surface area contributed by atoms with Crippen molar-refractivity contribution in [2.75, 3.05) is 0 Å². The molecule has 74 valence electrons. The molecule has 0 fully saturated rings. The van der Waals surface area contributed by atoms with Gasteiger partial charge in [0.15, 0.2) is 0 Å². The van der Waals surface area contributed by atoms with E-state index < -0.39 is 0 Å². The molecule has 1 aromatic rings. The lowest BCUT2D eigenvalue weighted by Gasteiger charge is -2.10. The van der Waals surface area contributed by atoms with Crippen molar-refractivity contribution in [1.29, 1.82) is 5.26 Å². The Labute approximate surface area is 96.9 Å². The smallest absolute Gasteiger partial charge is 0.110 e. The molecule has 0 aliphatic carbocycles. The van der Waals surface area contributed by atoms with E-state index in [-0.39, 0.29) is 0 Å². The third kappa shape index (κ3) is 3.32. The SMILES string of the molecule is CCC(CC#N)Sc1ncccc1Br. The lowest BCUT2D eigenvalue weighted by atomic mass is 10.3. The van der Waals surface area contributed by atoms with Crippen LogP contribution in [0.1, 0.15) is 19.8 Å². The van der Waals surface area contributed by atoms with Crippen molar-refractivity contribution in [3.05, 3.63) is 22.8 Å². The van der Waals surface area contributed by atoms with Crippen LogP contribution in [0, 0.1) is 11.3 Å². The lowest BCUT2D eigenvalue weighted by molar-refractivity contribution is 0.839. The second-order valence-electron chi connectivity index (χ2n) is 2.80. The second-order valence-corrected chi connectivity index (χ2v) is 4.94. The number of rotatable bonds is 4. The minimum absolute atomic E-state index is 0.339. The molecular formula is C10H11BrN2S. The van der Waals surface area contributed by atoms with E-state index in [2.05, 4.69) is 33.9 Å². The molecule has 0 saturated heterocycles. The summed E-state index contributed by atoms with van der Waals surface area (Å²) >= 11 is 5.10. The molecule has 1 heterocycles. The molecule has 1 atom stereocenters. The van der Waals surface area contributed by atoms with Gasteiger partial charge in [-0.25, -0.2) is 4.98 Å². The Morgan fingerprint density at radius 1 is 1.71 bits per heavy atom. The van der Waals surface area contributed by atoms with Gasteiger partial charge in [-0.05, 0) is 34.5 Å². The van der Waals surface area contributed by atoms with E-state index in [0.29, 0.717) is 11.7 Å². The average molecular weight is 271 g/mol. The summed E-state index contributed by atoms with van der Waals surface area (Å²) in [6.07, 6.45) is 3.33. The quantitative estimate of drug-likeness (QED) is 0.784. The number of hydrogen-bond acceptors (Lipinski definition) is 3. The fraction of sp³-hybridized carbons (Fsp3) is 0.400. The van der Waals surface area contributed by atoms with Gasteiger partial charge in [0, 0.05) is 22.3 Å². The Bertz CT molecular complexity index is 335. The van der Waals surface area contributed by atoms with E-state index in [4.69, 9.17) is 5.26 Å². The van der Waals surface area contributed by atoms with Crippen molar-refractivity contribution in [2.45, 2.75) is 30.0 Å². The third-order valence-electron chi connectivity index (χ3n) is 1.78. The number of nitrogens with zero attached hydrogens (tertiary/aromatic N) is 2. The molecule has 1 aromatic heterocycles. The molecule has 0 aliphatic heterocycles. The van der Waals surface area contributed by atoms with Gasteiger partial charge in [-0.15, -0.1) is 11.8 Å². The second kappa shape index (κ2) is 6.05. The lowest BCUT2D eigenvalue weighted by Crippen LogP contribution is -1.99. The first-order valence-electron chi connectivity index (χ1n) is 4.42. The standard InChI is InChI=1S/C10H11BrN2S/c1-2-8(5-6-12)14-10-9(11)4-3-7-13-10/h3-4,7-8H,2,5H2,1H3. The molecule has 1 rings (SSSR count). The molecule has 0 N–H and O–H groups in total. The van der Waals surface area contributed by atoms with Crippen molar-refractivity contribution in [2.24, 2.45) is 0 Å². The van der Waals surface area contributed by atoms with E-state index in [0.717, 1.165) is 15.9 Å². The van der Waals surface area contributed by atoms with Crippen molar-refractivity contribution >= 4 is 27.7 Å². The highest BCUT2D eigenvalue weighted by Gasteiger charge is 2.10. The van der Waals surface area contributed by atoms with Gasteiger partial charge in [0.25, 0.3) is 0 Å². The van der Waals surface area contributed by atoms with Gasteiger partial charge in [0.1, 0.15) is 5.03 Å². The highest BCUT2D eigenvalue weighted by atomic mass is 79.9. The Kier molecular flexibility index (Phi) is 4.99. The Morgan fingerprint density at radius 3 is 3.07 bits per heavy atom. The largest absolute Gasteiger partial charge is 0.249 e. The summed E-state index contributed by atoms with van der Waals surface area (Å²) in [7, 11) is 0. The van der Waals surface area contributed by atoms with Crippen LogP contribution in [-0.4, -0.2) is 10.2 Å². The predicted octanol–water partition coefficient (Wildman–Crippen LogP) is 3.63. The highest BCUT2D eigenvalue weighted by molar-refractivity contribution is 9.10. The van der Waals surface area contributed by atoms with E-state index in [1.54, 1.807) is 18.0 Å². The minimum atomic E-state index is 0.339. The van der Waals surface area contributed by atoms with Gasteiger partial charge in [-0.1, -0.05) is 6.92 Å². The van der Waals surface area contributed by atoms with Crippen LogP contribution in [0.3, 0.4) is 0 Å². The first-order valence-corrected chi connectivity index (χ1v) is 6.09. The third-order valence-corrected chi connectivity index (χ3v) is 4.06. The molecule has 0 radical (unpaired) electrons. The first-order chi connectivity index (χ1) is 6.77. The van der Waals surface area contributed by atoms with Crippen LogP contribution >= 0.6 is 27.7 Å². The Morgan fingerprint density at radius 2 is 2.50 bits per heavy atom. The van der Waals surface area contributed by atoms with Crippen LogP contribution < -0.4 is 0 Å². The molecule has 0 spiro atoms. The number of thioether (sulfide) groups is 1. The van der Waals surface area contributed by atoms with E-state index in [1.165, 1.54) is 0 Å². The summed E-state index contributed by atoms with van der Waals surface area (Å²) in [5.41, 5.74) is 0. The van der Waals surface area contributed by atoms with Gasteiger partial charge < -0.3 is 0 Å². The Balaban J connectivity index is 2.68. The summed E-state index contributed by atoms with van der Waals surface area (Å²) in [6, 6.07) is 6.05. The number of nitriles is 1. The predicted molar refractivity (Wildman–Crippen MR) is 62.1 cm³/mol. The molecule has 0 bridgehead atoms. The maximum Gasteiger partial charge on any atom is 0.110 e. The van der Waals surface area contributed by atoms with Crippen LogP contribution in [0.5, 0.6) is 0 Å². The molecule has 0 aliphatic rings. The minimum Gasteiger partial charge on any atom is -0.249 e. The zero-order chi connectivity index (χ0) is 10.4. The fourth-order valence-corrected chi connectivity index (χ4v) is 2.46. The van der Waals surface area contributed by atoms with Gasteiger partial charge in [0.2, 0.25) is 0 Å². The van der Waals surface area contributed by atoms with Gasteiger partial charge in [-0.2, -0.15) is 5.26 Å². The van der Waals surface area contributed by atoms with Crippen LogP contribution in [0.4, 0.5) is 0 Å². The zero-order valence-electron chi connectivity index (χ0n) is 7.90. The van der Waals surface area contributed by atoms with Crippen LogP contribution in [-0.2, 0) is 0 Å². The number of halogens is 1. The van der Waals surface area contributed by atoms with Crippen molar-refractivity contribution < 1.29 is 0 Å². The maximum absolute atomic E-state index is 8.62. The Hall–Kier alpha value is -0.530. The van der Waals surface area contributed by atoms with E-state index >= 15 is 0 Å². The summed E-state index contributed by atoms with van der Waals surface area (Å²) in [5.74, 6) is 0. The van der Waals surface area contributed by atoms with Gasteiger partial charge in [-0.3, -0.25) is 0 Å². The van der Waals surface area contributed by atoms with E-state index in [9.17, 15) is 0 Å². The maximum atomic E-state index is 8.62. The monoisotopic (exact) mass is 270 g/mol. The van der Waals surface area contributed by atoms with Crippen LogP contribution in [0.2, 0.25) is 0 Å². The van der Waals surface area contributed by atoms with Crippen molar-refractivity contribution in [1.82, 2.24) is 4.98 Å². The molecule has 14 heavy (non-hydrogen) atoms. The van der Waals surface area contributed by atoms with Gasteiger partial charge in [0.05, 0.1) is 6.07 Å². The average Bonchev–Trinajstić information content (AvgIpc) is 2.20. The van der Waals surface area contributed by atoms with Crippen LogP contribution in [0.25, 0.3) is 0 Å². The molecule has 2 nitrogen and oxygen atoms in total. The molecular weight excluding hydrogens is 260 g/mol. The summed E-state index contributed by atoms with van der Waals surface area (Å²) < 4.78 is 1.00. The molecule has 0 aromatic carbocycles. The number of hydrogen-bond donors (Lipinski definition) is 0. The zero-order valence-corrected chi connectivity index (χ0v) is 10.3. The molecule has 4 heteroatoms. The molecule has 0 saturated carbocycles. The number of aromatic nitrogens is 1. The number of pyridine rings is 1. The van der Waals surface area contributed by atoms with E-state index in [1.807, 2.05) is 12.1 Å². The normalized spacial score (nSPS) is 12.1. The van der Waals surface area contributed by atoms with Gasteiger partial charge >= 0.3 is 0 Å². The first kappa shape index (κ1) is 11.5.